The van der Waals surface area contributed by atoms with Crippen LogP contribution in [0.5, 0.6) is 0 Å². The van der Waals surface area contributed by atoms with Crippen LogP contribution in [0, 0.1) is 0 Å². The third kappa shape index (κ3) is 3.54. The van der Waals surface area contributed by atoms with Crippen LogP contribution in [0.25, 0.3) is 0 Å². The minimum absolute atomic E-state index is 0.262. The Hall–Kier alpha value is -0.0300. The van der Waals surface area contributed by atoms with Crippen molar-refractivity contribution in [1.29, 1.82) is 0 Å². The summed E-state index contributed by atoms with van der Waals surface area (Å²) in [5, 5.41) is 10.3. The number of fused-ring (bicyclic) bond motifs is 1. The molecule has 1 fully saturated rings. The highest BCUT2D eigenvalue weighted by Crippen LogP contribution is 2.36. The van der Waals surface area contributed by atoms with Crippen LogP contribution in [0.1, 0.15) is 53.5 Å². The van der Waals surface area contributed by atoms with Crippen LogP contribution in [0.15, 0.2) is 6.07 Å². The minimum Gasteiger partial charge on any atom is -0.388 e. The monoisotopic (exact) mass is 298 g/mol. The van der Waals surface area contributed by atoms with Crippen molar-refractivity contribution in [3.05, 3.63) is 21.4 Å². The molecule has 2 nitrogen and oxygen atoms in total. The summed E-state index contributed by atoms with van der Waals surface area (Å²) in [7, 11) is 0. The Morgan fingerprint density at radius 1 is 1.47 bits per heavy atom. The Bertz CT molecular complexity index is 387. The van der Waals surface area contributed by atoms with E-state index in [-0.39, 0.29) is 6.10 Å². The van der Waals surface area contributed by atoms with Crippen molar-refractivity contribution in [2.75, 3.05) is 12.4 Å². The fourth-order valence-corrected chi connectivity index (χ4v) is 5.28. The fourth-order valence-electron chi connectivity index (χ4n) is 2.89. The van der Waals surface area contributed by atoms with E-state index < -0.39 is 0 Å². The molecule has 2 aliphatic rings. The molecule has 1 aromatic rings. The standard InChI is InChI=1S/C15H22O2S2/c16-13(5-1-3-12-4-2-7-17-12)15-9-11-10-18-8-6-14(11)19-15/h9,12-13,16H,1-8,10H2. The molecule has 2 aliphatic heterocycles. The summed E-state index contributed by atoms with van der Waals surface area (Å²) >= 11 is 3.84. The molecule has 0 spiro atoms. The Morgan fingerprint density at radius 3 is 3.21 bits per heavy atom. The van der Waals surface area contributed by atoms with Crippen LogP contribution in [-0.4, -0.2) is 23.6 Å². The van der Waals surface area contributed by atoms with Gasteiger partial charge in [-0.1, -0.05) is 0 Å². The highest BCUT2D eigenvalue weighted by Gasteiger charge is 2.19. The molecule has 2 atom stereocenters. The third-order valence-corrected chi connectivity index (χ3v) is 6.35. The number of ether oxygens (including phenoxy) is 1. The zero-order chi connectivity index (χ0) is 13.1. The molecule has 1 aromatic heterocycles. The van der Waals surface area contributed by atoms with E-state index in [0.717, 1.165) is 31.6 Å². The molecule has 0 saturated carbocycles. The second-order valence-corrected chi connectivity index (χ2v) is 7.75. The van der Waals surface area contributed by atoms with Gasteiger partial charge < -0.3 is 9.84 Å². The lowest BCUT2D eigenvalue weighted by atomic mass is 10.1. The number of hydrogen-bond acceptors (Lipinski definition) is 4. The first kappa shape index (κ1) is 13.9. The Balaban J connectivity index is 1.49. The van der Waals surface area contributed by atoms with E-state index in [1.807, 2.05) is 23.1 Å². The predicted octanol–water partition coefficient (Wildman–Crippen LogP) is 3.92. The maximum Gasteiger partial charge on any atom is 0.0882 e. The van der Waals surface area contributed by atoms with E-state index in [9.17, 15) is 5.11 Å². The van der Waals surface area contributed by atoms with Gasteiger partial charge in [0, 0.05) is 22.1 Å². The van der Waals surface area contributed by atoms with E-state index >= 15 is 0 Å². The van der Waals surface area contributed by atoms with Gasteiger partial charge in [0.05, 0.1) is 12.2 Å². The first-order chi connectivity index (χ1) is 9.33. The molecule has 4 heteroatoms. The molecular formula is C15H22O2S2. The Labute approximate surface area is 123 Å². The summed E-state index contributed by atoms with van der Waals surface area (Å²) in [6, 6.07) is 2.24. The first-order valence-corrected chi connectivity index (χ1v) is 9.29. The number of aryl methyl sites for hydroxylation is 1. The van der Waals surface area contributed by atoms with Gasteiger partial charge in [0.1, 0.15) is 0 Å². The SMILES string of the molecule is OC(CCCC1CCCO1)c1cc2c(s1)CCSC2. The number of thioether (sulfide) groups is 1. The van der Waals surface area contributed by atoms with Gasteiger partial charge in [-0.2, -0.15) is 11.8 Å². The van der Waals surface area contributed by atoms with Gasteiger partial charge in [-0.3, -0.25) is 0 Å². The number of hydrogen-bond donors (Lipinski definition) is 1. The maximum absolute atomic E-state index is 10.3. The van der Waals surface area contributed by atoms with Gasteiger partial charge in [-0.15, -0.1) is 11.3 Å². The molecule has 1 N–H and O–H groups in total. The lowest BCUT2D eigenvalue weighted by Gasteiger charge is -2.11. The van der Waals surface area contributed by atoms with Crippen molar-refractivity contribution in [3.8, 4) is 0 Å². The topological polar surface area (TPSA) is 29.5 Å². The fraction of sp³-hybridized carbons (Fsp3) is 0.733. The van der Waals surface area contributed by atoms with Crippen molar-refractivity contribution >= 4 is 23.1 Å². The molecule has 1 saturated heterocycles. The van der Waals surface area contributed by atoms with Crippen molar-refractivity contribution in [2.45, 2.75) is 56.5 Å². The normalized spacial score (nSPS) is 24.4. The second kappa shape index (κ2) is 6.61. The van der Waals surface area contributed by atoms with Crippen molar-refractivity contribution in [1.82, 2.24) is 0 Å². The average Bonchev–Trinajstić information content (AvgIpc) is 3.07. The third-order valence-electron chi connectivity index (χ3n) is 4.00. The highest BCUT2D eigenvalue weighted by atomic mass is 32.2. The maximum atomic E-state index is 10.3. The van der Waals surface area contributed by atoms with Gasteiger partial charge in [0.15, 0.2) is 0 Å². The molecule has 2 unspecified atom stereocenters. The van der Waals surface area contributed by atoms with Gasteiger partial charge in [-0.25, -0.2) is 0 Å². The van der Waals surface area contributed by atoms with E-state index in [4.69, 9.17) is 4.74 Å². The van der Waals surface area contributed by atoms with Crippen LogP contribution in [-0.2, 0) is 16.9 Å². The van der Waals surface area contributed by atoms with E-state index in [2.05, 4.69) is 6.07 Å². The van der Waals surface area contributed by atoms with E-state index in [0.29, 0.717) is 6.10 Å². The predicted molar refractivity (Wildman–Crippen MR) is 82.0 cm³/mol. The summed E-state index contributed by atoms with van der Waals surface area (Å²) in [6.45, 7) is 0.933. The summed E-state index contributed by atoms with van der Waals surface area (Å²) < 4.78 is 5.62. The first-order valence-electron chi connectivity index (χ1n) is 7.32. The van der Waals surface area contributed by atoms with Gasteiger partial charge in [0.2, 0.25) is 0 Å². The largest absolute Gasteiger partial charge is 0.388 e. The zero-order valence-electron chi connectivity index (χ0n) is 11.3. The van der Waals surface area contributed by atoms with Gasteiger partial charge in [0.25, 0.3) is 0 Å². The van der Waals surface area contributed by atoms with E-state index in [1.54, 1.807) is 0 Å². The van der Waals surface area contributed by atoms with Crippen LogP contribution in [0.4, 0.5) is 0 Å². The Morgan fingerprint density at radius 2 is 2.42 bits per heavy atom. The molecule has 0 aromatic carbocycles. The molecule has 19 heavy (non-hydrogen) atoms. The minimum atomic E-state index is -0.262. The Kier molecular flexibility index (Phi) is 4.85. The molecule has 3 rings (SSSR count). The van der Waals surface area contributed by atoms with Crippen LogP contribution < -0.4 is 0 Å². The number of aliphatic hydroxyl groups is 1. The van der Waals surface area contributed by atoms with Crippen LogP contribution >= 0.6 is 23.1 Å². The number of thiophene rings is 1. The van der Waals surface area contributed by atoms with Crippen LogP contribution in [0.3, 0.4) is 0 Å². The van der Waals surface area contributed by atoms with Crippen molar-refractivity contribution in [3.63, 3.8) is 0 Å². The highest BCUT2D eigenvalue weighted by molar-refractivity contribution is 7.98. The molecule has 0 amide bonds. The van der Waals surface area contributed by atoms with Gasteiger partial charge in [-0.05, 0) is 55.9 Å². The van der Waals surface area contributed by atoms with Crippen molar-refractivity contribution in [2.24, 2.45) is 0 Å². The lowest BCUT2D eigenvalue weighted by Crippen LogP contribution is -2.05. The molecule has 0 bridgehead atoms. The number of aliphatic hydroxyl groups excluding tert-OH is 1. The second-order valence-electron chi connectivity index (χ2n) is 5.48. The molecule has 106 valence electrons. The molecular weight excluding hydrogens is 276 g/mol. The summed E-state index contributed by atoms with van der Waals surface area (Å²) in [5.41, 5.74) is 1.47. The van der Waals surface area contributed by atoms with Crippen LogP contribution in [0.2, 0.25) is 0 Å². The number of rotatable bonds is 5. The summed E-state index contributed by atoms with van der Waals surface area (Å²) in [4.78, 5) is 2.69. The summed E-state index contributed by atoms with van der Waals surface area (Å²) in [6.07, 6.45) is 6.87. The lowest BCUT2D eigenvalue weighted by molar-refractivity contribution is 0.0948. The quantitative estimate of drug-likeness (QED) is 0.893. The molecule has 3 heterocycles. The average molecular weight is 298 g/mol. The van der Waals surface area contributed by atoms with Crippen molar-refractivity contribution < 1.29 is 9.84 Å². The van der Waals surface area contributed by atoms with Gasteiger partial charge >= 0.3 is 0 Å². The molecule has 0 radical (unpaired) electrons. The summed E-state index contributed by atoms with van der Waals surface area (Å²) in [5.74, 6) is 2.37. The smallest absolute Gasteiger partial charge is 0.0882 e. The zero-order valence-corrected chi connectivity index (χ0v) is 12.9. The molecule has 0 aliphatic carbocycles. The van der Waals surface area contributed by atoms with E-state index in [1.165, 1.54) is 40.3 Å².